The molecule has 0 bridgehead atoms. The van der Waals surface area contributed by atoms with Crippen molar-refractivity contribution in [2.75, 3.05) is 26.8 Å². The molecule has 1 aliphatic rings. The Balaban J connectivity index is 1.56. The third-order valence-corrected chi connectivity index (χ3v) is 5.35. The second-order valence-electron chi connectivity index (χ2n) is 7.73. The average molecular weight is 411 g/mol. The molecule has 1 saturated heterocycles. The number of ether oxygens (including phenoxy) is 2. The van der Waals surface area contributed by atoms with Crippen molar-refractivity contribution in [2.24, 2.45) is 10.9 Å². The van der Waals surface area contributed by atoms with Crippen LogP contribution in [0.3, 0.4) is 0 Å². The Kier molecular flexibility index (Phi) is 8.51. The van der Waals surface area contributed by atoms with Gasteiger partial charge in [0.1, 0.15) is 0 Å². The van der Waals surface area contributed by atoms with Gasteiger partial charge in [-0.15, -0.1) is 0 Å². The number of aryl methyl sites for hydroxylation is 1. The molecule has 6 heteroatoms. The van der Waals surface area contributed by atoms with E-state index in [1.54, 1.807) is 13.2 Å². The number of guanidine groups is 1. The Morgan fingerprint density at radius 3 is 2.83 bits per heavy atom. The second-order valence-corrected chi connectivity index (χ2v) is 7.73. The van der Waals surface area contributed by atoms with Crippen molar-refractivity contribution in [3.8, 4) is 5.88 Å². The monoisotopic (exact) mass is 410 g/mol. The Labute approximate surface area is 180 Å². The van der Waals surface area contributed by atoms with Crippen LogP contribution in [0, 0.1) is 12.8 Å². The molecule has 2 N–H and O–H groups in total. The lowest BCUT2D eigenvalue weighted by Gasteiger charge is -2.32. The summed E-state index contributed by atoms with van der Waals surface area (Å²) in [5, 5.41) is 6.86. The van der Waals surface area contributed by atoms with Crippen molar-refractivity contribution >= 4 is 5.96 Å². The fourth-order valence-corrected chi connectivity index (χ4v) is 3.69. The Morgan fingerprint density at radius 2 is 2.07 bits per heavy atom. The highest BCUT2D eigenvalue weighted by molar-refractivity contribution is 5.79. The summed E-state index contributed by atoms with van der Waals surface area (Å²) in [5.74, 6) is 1.86. The number of rotatable bonds is 8. The van der Waals surface area contributed by atoms with Crippen LogP contribution in [0.1, 0.15) is 49.0 Å². The minimum absolute atomic E-state index is 0.123. The molecule has 0 amide bonds. The van der Waals surface area contributed by atoms with E-state index < -0.39 is 0 Å². The van der Waals surface area contributed by atoms with Gasteiger partial charge in [0.2, 0.25) is 5.88 Å². The third kappa shape index (κ3) is 6.20. The third-order valence-electron chi connectivity index (χ3n) is 5.35. The van der Waals surface area contributed by atoms with Gasteiger partial charge in [-0.1, -0.05) is 42.8 Å². The molecule has 162 valence electrons. The van der Waals surface area contributed by atoms with Crippen molar-refractivity contribution in [1.29, 1.82) is 0 Å². The van der Waals surface area contributed by atoms with Crippen LogP contribution in [0.25, 0.3) is 0 Å². The van der Waals surface area contributed by atoms with Gasteiger partial charge < -0.3 is 20.1 Å². The van der Waals surface area contributed by atoms with Crippen molar-refractivity contribution in [1.82, 2.24) is 15.6 Å². The summed E-state index contributed by atoms with van der Waals surface area (Å²) in [7, 11) is 1.79. The number of hydrogen-bond acceptors (Lipinski definition) is 4. The Morgan fingerprint density at radius 1 is 1.23 bits per heavy atom. The molecule has 2 unspecified atom stereocenters. The lowest BCUT2D eigenvalue weighted by Crippen LogP contribution is -2.41. The lowest BCUT2D eigenvalue weighted by molar-refractivity contribution is -0.0265. The van der Waals surface area contributed by atoms with Crippen LogP contribution in [-0.4, -0.2) is 37.7 Å². The molecule has 1 fully saturated rings. The van der Waals surface area contributed by atoms with Gasteiger partial charge in [-0.2, -0.15) is 0 Å². The standard InChI is InChI=1S/C24H34N4O2/c1-4-14-30-23-21(7-5-13-26-23)17-28-24(25-3)27-16-20-8-6-15-29-22(20)19-11-9-18(2)10-12-19/h5,7,9-13,20,22H,4,6,8,14-17H2,1-3H3,(H2,25,27,28). The largest absolute Gasteiger partial charge is 0.477 e. The predicted octanol–water partition coefficient (Wildman–Crippen LogP) is 4.01. The number of benzene rings is 1. The highest BCUT2D eigenvalue weighted by Crippen LogP contribution is 2.33. The summed E-state index contributed by atoms with van der Waals surface area (Å²) in [6.07, 6.45) is 5.07. The topological polar surface area (TPSA) is 67.8 Å². The van der Waals surface area contributed by atoms with Gasteiger partial charge in [-0.05, 0) is 37.8 Å². The number of aromatic nitrogens is 1. The SMILES string of the molecule is CCCOc1ncccc1CNC(=NC)NCC1CCCOC1c1ccc(C)cc1. The van der Waals surface area contributed by atoms with Crippen molar-refractivity contribution in [2.45, 2.75) is 45.8 Å². The number of hydrogen-bond donors (Lipinski definition) is 2. The van der Waals surface area contributed by atoms with Gasteiger partial charge in [0.25, 0.3) is 0 Å². The maximum absolute atomic E-state index is 6.14. The first-order valence-corrected chi connectivity index (χ1v) is 10.9. The quantitative estimate of drug-likeness (QED) is 0.508. The molecule has 30 heavy (non-hydrogen) atoms. The van der Waals surface area contributed by atoms with Crippen molar-refractivity contribution < 1.29 is 9.47 Å². The van der Waals surface area contributed by atoms with Crippen LogP contribution in [-0.2, 0) is 11.3 Å². The first-order chi connectivity index (χ1) is 14.7. The molecule has 0 radical (unpaired) electrons. The molecule has 0 spiro atoms. The van der Waals surface area contributed by atoms with Gasteiger partial charge in [0, 0.05) is 44.4 Å². The summed E-state index contributed by atoms with van der Waals surface area (Å²) in [5.41, 5.74) is 3.54. The van der Waals surface area contributed by atoms with Crippen LogP contribution in [0.4, 0.5) is 0 Å². The molecular formula is C24H34N4O2. The van der Waals surface area contributed by atoms with Crippen LogP contribution >= 0.6 is 0 Å². The van der Waals surface area contributed by atoms with Gasteiger partial charge in [-0.3, -0.25) is 4.99 Å². The number of nitrogens with one attached hydrogen (secondary N) is 2. The van der Waals surface area contributed by atoms with Crippen LogP contribution in [0.15, 0.2) is 47.6 Å². The molecule has 2 atom stereocenters. The molecule has 2 heterocycles. The lowest BCUT2D eigenvalue weighted by atomic mass is 9.89. The molecule has 0 saturated carbocycles. The van der Waals surface area contributed by atoms with Gasteiger partial charge in [-0.25, -0.2) is 4.98 Å². The van der Waals surface area contributed by atoms with E-state index in [-0.39, 0.29) is 6.10 Å². The maximum Gasteiger partial charge on any atom is 0.218 e. The number of pyridine rings is 1. The molecule has 1 aliphatic heterocycles. The molecule has 6 nitrogen and oxygen atoms in total. The van der Waals surface area contributed by atoms with Crippen molar-refractivity contribution in [3.63, 3.8) is 0 Å². The average Bonchev–Trinajstić information content (AvgIpc) is 2.79. The zero-order valence-electron chi connectivity index (χ0n) is 18.4. The van der Waals surface area contributed by atoms with Gasteiger partial charge in [0.15, 0.2) is 5.96 Å². The summed E-state index contributed by atoms with van der Waals surface area (Å²) in [6, 6.07) is 12.6. The van der Waals surface area contributed by atoms with E-state index in [1.165, 1.54) is 11.1 Å². The zero-order valence-corrected chi connectivity index (χ0v) is 18.4. The van der Waals surface area contributed by atoms with Gasteiger partial charge >= 0.3 is 0 Å². The van der Waals surface area contributed by atoms with E-state index in [0.29, 0.717) is 24.9 Å². The summed E-state index contributed by atoms with van der Waals surface area (Å²) < 4.78 is 11.9. The predicted molar refractivity (Wildman–Crippen MR) is 121 cm³/mol. The maximum atomic E-state index is 6.14. The Hall–Kier alpha value is -2.60. The smallest absolute Gasteiger partial charge is 0.218 e. The highest BCUT2D eigenvalue weighted by atomic mass is 16.5. The minimum Gasteiger partial charge on any atom is -0.477 e. The molecule has 3 rings (SSSR count). The van der Waals surface area contributed by atoms with E-state index in [9.17, 15) is 0 Å². The normalized spacial score (nSPS) is 19.4. The second kappa shape index (κ2) is 11.6. The molecule has 0 aliphatic carbocycles. The van der Waals surface area contributed by atoms with E-state index in [2.05, 4.69) is 58.7 Å². The highest BCUT2D eigenvalue weighted by Gasteiger charge is 2.27. The first-order valence-electron chi connectivity index (χ1n) is 10.9. The van der Waals surface area contributed by atoms with E-state index in [0.717, 1.165) is 43.9 Å². The first kappa shape index (κ1) is 22.1. The van der Waals surface area contributed by atoms with Gasteiger partial charge in [0.05, 0.1) is 12.7 Å². The number of nitrogens with zero attached hydrogens (tertiary/aromatic N) is 2. The fraction of sp³-hybridized carbons (Fsp3) is 0.500. The van der Waals surface area contributed by atoms with Crippen LogP contribution in [0.2, 0.25) is 0 Å². The summed E-state index contributed by atoms with van der Waals surface area (Å²) in [4.78, 5) is 8.73. The fourth-order valence-electron chi connectivity index (χ4n) is 3.69. The summed E-state index contributed by atoms with van der Waals surface area (Å²) >= 11 is 0. The van der Waals surface area contributed by atoms with E-state index >= 15 is 0 Å². The van der Waals surface area contributed by atoms with Crippen LogP contribution in [0.5, 0.6) is 5.88 Å². The summed E-state index contributed by atoms with van der Waals surface area (Å²) in [6.45, 7) is 7.11. The Bertz CT molecular complexity index is 807. The van der Waals surface area contributed by atoms with Crippen molar-refractivity contribution in [3.05, 3.63) is 59.3 Å². The molecule has 1 aromatic carbocycles. The van der Waals surface area contributed by atoms with E-state index in [4.69, 9.17) is 9.47 Å². The number of aliphatic imine (C=N–C) groups is 1. The zero-order chi connectivity index (χ0) is 21.2. The molecular weight excluding hydrogens is 376 g/mol. The molecule has 2 aromatic rings. The minimum atomic E-state index is 0.123. The van der Waals surface area contributed by atoms with Crippen LogP contribution < -0.4 is 15.4 Å². The van der Waals surface area contributed by atoms with E-state index in [1.807, 2.05) is 12.1 Å². The molecule has 1 aromatic heterocycles.